The summed E-state index contributed by atoms with van der Waals surface area (Å²) in [5, 5.41) is 4.69. The minimum atomic E-state index is -0.106. The Labute approximate surface area is 332 Å². The Morgan fingerprint density at radius 2 is 0.982 bits per heavy atom. The zero-order valence-electron chi connectivity index (χ0n) is 31.9. The molecule has 0 unspecified atom stereocenters. The SMILES string of the molecule is CC1(C)c2ccccc2-c2cccc(-c3ccc(N(c4ccccc4-c4cccc(-c5cccc6ccccc56)c4)c4cccc5oc6ccccc6c45)cc3)c21. The van der Waals surface area contributed by atoms with E-state index in [0.717, 1.165) is 50.1 Å². The molecular weight excluding hydrogens is 691 g/mol. The van der Waals surface area contributed by atoms with Crippen molar-refractivity contribution < 1.29 is 4.42 Å². The number of benzene rings is 9. The average molecular weight is 730 g/mol. The summed E-state index contributed by atoms with van der Waals surface area (Å²) < 4.78 is 6.47. The van der Waals surface area contributed by atoms with E-state index in [1.807, 2.05) is 6.07 Å². The van der Waals surface area contributed by atoms with Crippen molar-refractivity contribution in [3.05, 3.63) is 211 Å². The lowest BCUT2D eigenvalue weighted by Gasteiger charge is -2.29. The molecule has 57 heavy (non-hydrogen) atoms. The molecule has 0 saturated heterocycles. The molecule has 0 aliphatic heterocycles. The topological polar surface area (TPSA) is 16.4 Å². The van der Waals surface area contributed by atoms with Crippen LogP contribution < -0.4 is 4.90 Å². The number of nitrogens with zero attached hydrogens (tertiary/aromatic N) is 1. The molecule has 0 amide bonds. The van der Waals surface area contributed by atoms with Gasteiger partial charge < -0.3 is 9.32 Å². The van der Waals surface area contributed by atoms with Crippen molar-refractivity contribution in [1.29, 1.82) is 0 Å². The first-order valence-corrected chi connectivity index (χ1v) is 19.8. The normalized spacial score (nSPS) is 12.9. The van der Waals surface area contributed by atoms with Crippen LogP contribution in [0.2, 0.25) is 0 Å². The van der Waals surface area contributed by atoms with Crippen LogP contribution >= 0.6 is 0 Å². The van der Waals surface area contributed by atoms with Gasteiger partial charge in [-0.15, -0.1) is 0 Å². The monoisotopic (exact) mass is 729 g/mol. The molecule has 0 atom stereocenters. The lowest BCUT2D eigenvalue weighted by atomic mass is 9.79. The maximum absolute atomic E-state index is 6.47. The van der Waals surface area contributed by atoms with Gasteiger partial charge in [0.05, 0.1) is 16.8 Å². The minimum absolute atomic E-state index is 0.106. The van der Waals surface area contributed by atoms with Crippen molar-refractivity contribution in [2.45, 2.75) is 19.3 Å². The van der Waals surface area contributed by atoms with Gasteiger partial charge in [0.25, 0.3) is 0 Å². The first kappa shape index (κ1) is 33.2. The molecule has 2 nitrogen and oxygen atoms in total. The minimum Gasteiger partial charge on any atom is -0.456 e. The molecule has 0 radical (unpaired) electrons. The molecule has 1 heterocycles. The van der Waals surface area contributed by atoms with Gasteiger partial charge in [-0.2, -0.15) is 0 Å². The molecule has 1 aromatic heterocycles. The van der Waals surface area contributed by atoms with Crippen molar-refractivity contribution in [3.8, 4) is 44.5 Å². The molecular formula is C55H39NO. The second-order valence-electron chi connectivity index (χ2n) is 15.7. The third-order valence-electron chi connectivity index (χ3n) is 12.1. The van der Waals surface area contributed by atoms with Crippen molar-refractivity contribution in [3.63, 3.8) is 0 Å². The van der Waals surface area contributed by atoms with Crippen molar-refractivity contribution in [1.82, 2.24) is 0 Å². The van der Waals surface area contributed by atoms with E-state index < -0.39 is 0 Å². The van der Waals surface area contributed by atoms with Crippen LogP contribution in [0.4, 0.5) is 17.1 Å². The van der Waals surface area contributed by atoms with E-state index in [-0.39, 0.29) is 5.41 Å². The van der Waals surface area contributed by atoms with Crippen LogP contribution in [-0.2, 0) is 5.41 Å². The fourth-order valence-electron chi connectivity index (χ4n) is 9.47. The van der Waals surface area contributed by atoms with Crippen LogP contribution in [0.1, 0.15) is 25.0 Å². The Morgan fingerprint density at radius 3 is 1.86 bits per heavy atom. The first-order chi connectivity index (χ1) is 28.0. The summed E-state index contributed by atoms with van der Waals surface area (Å²) in [4.78, 5) is 2.42. The summed E-state index contributed by atoms with van der Waals surface area (Å²) in [5.41, 5.74) is 17.5. The van der Waals surface area contributed by atoms with E-state index >= 15 is 0 Å². The van der Waals surface area contributed by atoms with Crippen LogP contribution in [0, 0.1) is 0 Å². The Hall–Kier alpha value is -7.16. The summed E-state index contributed by atoms with van der Waals surface area (Å²) in [5.74, 6) is 0. The number of anilines is 3. The van der Waals surface area contributed by atoms with Crippen molar-refractivity contribution in [2.24, 2.45) is 0 Å². The van der Waals surface area contributed by atoms with E-state index in [0.29, 0.717) is 0 Å². The summed E-state index contributed by atoms with van der Waals surface area (Å²) >= 11 is 0. The predicted molar refractivity (Wildman–Crippen MR) is 240 cm³/mol. The van der Waals surface area contributed by atoms with Gasteiger partial charge in [0.15, 0.2) is 0 Å². The molecule has 10 aromatic rings. The zero-order valence-corrected chi connectivity index (χ0v) is 31.9. The Balaban J connectivity index is 1.10. The quantitative estimate of drug-likeness (QED) is 0.169. The highest BCUT2D eigenvalue weighted by atomic mass is 16.3. The highest BCUT2D eigenvalue weighted by molar-refractivity contribution is 6.14. The number of hydrogen-bond donors (Lipinski definition) is 0. The van der Waals surface area contributed by atoms with E-state index in [4.69, 9.17) is 4.42 Å². The van der Waals surface area contributed by atoms with Crippen LogP contribution in [0.5, 0.6) is 0 Å². The van der Waals surface area contributed by atoms with Gasteiger partial charge in [-0.1, -0.05) is 172 Å². The Morgan fingerprint density at radius 1 is 0.404 bits per heavy atom. The molecule has 0 fully saturated rings. The second kappa shape index (κ2) is 13.0. The van der Waals surface area contributed by atoms with Gasteiger partial charge in [-0.3, -0.25) is 0 Å². The second-order valence-corrected chi connectivity index (χ2v) is 15.7. The standard InChI is InChI=1S/C55H39NO/c1-55(2)48-26-8-5-21-45(48)46-25-13-24-44(54(46)55)37-31-33-40(34-32-37)56(50-28-14-30-52-53(50)47-22-7-10-29-51(47)57-52)49-27-9-6-20-43(49)39-18-11-17-38(35-39)42-23-12-16-36-15-3-4-19-41(36)42/h3-35H,1-2H3. The number of para-hydroxylation sites is 2. The third-order valence-corrected chi connectivity index (χ3v) is 12.1. The third kappa shape index (κ3) is 5.25. The van der Waals surface area contributed by atoms with E-state index in [1.165, 1.54) is 55.3 Å². The fraction of sp³-hybridized carbons (Fsp3) is 0.0545. The van der Waals surface area contributed by atoms with Crippen molar-refractivity contribution >= 4 is 49.8 Å². The van der Waals surface area contributed by atoms with E-state index in [9.17, 15) is 0 Å². The summed E-state index contributed by atoms with van der Waals surface area (Å²) in [7, 11) is 0. The molecule has 1 aliphatic carbocycles. The summed E-state index contributed by atoms with van der Waals surface area (Å²) in [6, 6.07) is 72.6. The fourth-order valence-corrected chi connectivity index (χ4v) is 9.47. The molecule has 1 aliphatic rings. The van der Waals surface area contributed by atoms with Crippen LogP contribution in [0.25, 0.3) is 77.2 Å². The lowest BCUT2D eigenvalue weighted by Crippen LogP contribution is -2.16. The molecule has 9 aromatic carbocycles. The van der Waals surface area contributed by atoms with Gasteiger partial charge in [-0.05, 0) is 103 Å². The van der Waals surface area contributed by atoms with E-state index in [1.54, 1.807) is 0 Å². The number of furan rings is 1. The average Bonchev–Trinajstić information content (AvgIpc) is 3.77. The molecule has 11 rings (SSSR count). The number of rotatable bonds is 6. The number of fused-ring (bicyclic) bond motifs is 7. The van der Waals surface area contributed by atoms with E-state index in [2.05, 4.69) is 213 Å². The Bertz CT molecular complexity index is 3160. The van der Waals surface area contributed by atoms with Gasteiger partial charge in [0.1, 0.15) is 11.2 Å². The first-order valence-electron chi connectivity index (χ1n) is 19.8. The molecule has 0 spiro atoms. The van der Waals surface area contributed by atoms with Gasteiger partial charge >= 0.3 is 0 Å². The Kier molecular flexibility index (Phi) is 7.55. The maximum Gasteiger partial charge on any atom is 0.137 e. The van der Waals surface area contributed by atoms with Crippen LogP contribution in [0.15, 0.2) is 205 Å². The van der Waals surface area contributed by atoms with Crippen LogP contribution in [0.3, 0.4) is 0 Å². The molecule has 0 bridgehead atoms. The van der Waals surface area contributed by atoms with Gasteiger partial charge in [0.2, 0.25) is 0 Å². The highest BCUT2D eigenvalue weighted by Crippen LogP contribution is 2.53. The smallest absolute Gasteiger partial charge is 0.137 e. The molecule has 270 valence electrons. The predicted octanol–water partition coefficient (Wildman–Crippen LogP) is 15.5. The zero-order chi connectivity index (χ0) is 38.1. The largest absolute Gasteiger partial charge is 0.456 e. The maximum atomic E-state index is 6.47. The summed E-state index contributed by atoms with van der Waals surface area (Å²) in [6.07, 6.45) is 0. The lowest BCUT2D eigenvalue weighted by molar-refractivity contribution is 0.662. The molecule has 2 heteroatoms. The van der Waals surface area contributed by atoms with Gasteiger partial charge in [-0.25, -0.2) is 0 Å². The van der Waals surface area contributed by atoms with Gasteiger partial charge in [0, 0.05) is 22.1 Å². The summed E-state index contributed by atoms with van der Waals surface area (Å²) in [6.45, 7) is 4.72. The van der Waals surface area contributed by atoms with Crippen LogP contribution in [-0.4, -0.2) is 0 Å². The van der Waals surface area contributed by atoms with Crippen molar-refractivity contribution in [2.75, 3.05) is 4.90 Å². The highest BCUT2D eigenvalue weighted by Gasteiger charge is 2.37. The molecule has 0 N–H and O–H groups in total. The molecule has 0 saturated carbocycles. The number of hydrogen-bond acceptors (Lipinski definition) is 2.